The molecule has 0 heterocycles. The molecule has 0 amide bonds. The minimum Gasteiger partial charge on any atom is -0.497 e. The Morgan fingerprint density at radius 2 is 1.76 bits per heavy atom. The molecular formula is C15H17ClIN3O. The minimum absolute atomic E-state index is 0. The second-order valence-corrected chi connectivity index (χ2v) is 4.62. The summed E-state index contributed by atoms with van der Waals surface area (Å²) in [6.45, 7) is 0.506. The van der Waals surface area contributed by atoms with Crippen molar-refractivity contribution < 1.29 is 4.74 Å². The van der Waals surface area contributed by atoms with Gasteiger partial charge in [0.2, 0.25) is 0 Å². The molecule has 0 spiro atoms. The summed E-state index contributed by atoms with van der Waals surface area (Å²) in [7, 11) is 1.63. The third-order valence-electron chi connectivity index (χ3n) is 2.71. The molecule has 4 nitrogen and oxygen atoms in total. The van der Waals surface area contributed by atoms with E-state index in [9.17, 15) is 0 Å². The Hall–Kier alpha value is -1.47. The van der Waals surface area contributed by atoms with Crippen LogP contribution in [-0.2, 0) is 6.54 Å². The molecule has 0 radical (unpaired) electrons. The van der Waals surface area contributed by atoms with Crippen LogP contribution in [0.2, 0.25) is 5.02 Å². The third-order valence-corrected chi connectivity index (χ3v) is 2.96. The molecule has 0 saturated heterocycles. The number of benzene rings is 2. The first-order valence-corrected chi connectivity index (χ1v) is 6.50. The molecule has 0 atom stereocenters. The van der Waals surface area contributed by atoms with Crippen LogP contribution < -0.4 is 15.8 Å². The predicted octanol–water partition coefficient (Wildman–Crippen LogP) is 3.89. The van der Waals surface area contributed by atoms with Crippen molar-refractivity contribution >= 4 is 47.2 Å². The molecule has 3 N–H and O–H groups in total. The first-order chi connectivity index (χ1) is 9.67. The maximum Gasteiger partial charge on any atom is 0.193 e. The Bertz CT molecular complexity index is 585. The van der Waals surface area contributed by atoms with E-state index < -0.39 is 0 Å². The van der Waals surface area contributed by atoms with Gasteiger partial charge < -0.3 is 15.8 Å². The second-order valence-electron chi connectivity index (χ2n) is 4.18. The standard InChI is InChI=1S/C15H16ClN3O.HI/c1-20-14-8-6-13(7-9-14)19-15(17)18-10-11-2-4-12(16)5-3-11;/h2-9H,10H2,1H3,(H3,17,18,19);1H. The van der Waals surface area contributed by atoms with Crippen molar-refractivity contribution in [2.75, 3.05) is 12.4 Å². The fourth-order valence-electron chi connectivity index (χ4n) is 1.63. The van der Waals surface area contributed by atoms with Gasteiger partial charge in [0.05, 0.1) is 13.7 Å². The lowest BCUT2D eigenvalue weighted by Crippen LogP contribution is -2.22. The summed E-state index contributed by atoms with van der Waals surface area (Å²) >= 11 is 5.82. The van der Waals surface area contributed by atoms with E-state index in [2.05, 4.69) is 10.3 Å². The van der Waals surface area contributed by atoms with Crippen LogP contribution in [0.3, 0.4) is 0 Å². The molecule has 112 valence electrons. The number of anilines is 1. The lowest BCUT2D eigenvalue weighted by atomic mass is 10.2. The van der Waals surface area contributed by atoms with E-state index in [0.717, 1.165) is 17.0 Å². The SMILES string of the molecule is COc1ccc(NC(N)=NCc2ccc(Cl)cc2)cc1.I. The molecule has 0 aliphatic heterocycles. The van der Waals surface area contributed by atoms with Crippen LogP contribution in [0.15, 0.2) is 53.5 Å². The number of hydrogen-bond acceptors (Lipinski definition) is 2. The van der Waals surface area contributed by atoms with Gasteiger partial charge in [0, 0.05) is 10.7 Å². The van der Waals surface area contributed by atoms with E-state index in [1.807, 2.05) is 48.5 Å². The van der Waals surface area contributed by atoms with Crippen molar-refractivity contribution in [3.63, 3.8) is 0 Å². The van der Waals surface area contributed by atoms with Gasteiger partial charge in [-0.3, -0.25) is 0 Å². The molecule has 0 aromatic heterocycles. The van der Waals surface area contributed by atoms with Crippen molar-refractivity contribution in [2.24, 2.45) is 10.7 Å². The normalized spacial score (nSPS) is 10.7. The number of nitrogens with zero attached hydrogens (tertiary/aromatic N) is 1. The van der Waals surface area contributed by atoms with Gasteiger partial charge >= 0.3 is 0 Å². The summed E-state index contributed by atoms with van der Waals surface area (Å²) in [6.07, 6.45) is 0. The van der Waals surface area contributed by atoms with Crippen LogP contribution >= 0.6 is 35.6 Å². The average Bonchev–Trinajstić information content (AvgIpc) is 2.47. The van der Waals surface area contributed by atoms with E-state index in [4.69, 9.17) is 22.1 Å². The van der Waals surface area contributed by atoms with Crippen LogP contribution in [0.5, 0.6) is 5.75 Å². The smallest absolute Gasteiger partial charge is 0.193 e. The van der Waals surface area contributed by atoms with Gasteiger partial charge in [0.15, 0.2) is 5.96 Å². The Morgan fingerprint density at radius 1 is 1.14 bits per heavy atom. The molecule has 2 aromatic rings. The first-order valence-electron chi connectivity index (χ1n) is 6.13. The quantitative estimate of drug-likeness (QED) is 0.451. The van der Waals surface area contributed by atoms with E-state index in [-0.39, 0.29) is 24.0 Å². The molecule has 0 aliphatic carbocycles. The predicted molar refractivity (Wildman–Crippen MR) is 98.8 cm³/mol. The largest absolute Gasteiger partial charge is 0.497 e. The summed E-state index contributed by atoms with van der Waals surface area (Å²) in [5.74, 6) is 1.16. The number of hydrogen-bond donors (Lipinski definition) is 2. The van der Waals surface area contributed by atoms with Crippen LogP contribution in [0.25, 0.3) is 0 Å². The molecule has 21 heavy (non-hydrogen) atoms. The zero-order valence-electron chi connectivity index (χ0n) is 11.5. The maximum absolute atomic E-state index is 5.84. The van der Waals surface area contributed by atoms with Gasteiger partial charge in [-0.15, -0.1) is 24.0 Å². The van der Waals surface area contributed by atoms with Crippen molar-refractivity contribution in [1.29, 1.82) is 0 Å². The number of methoxy groups -OCH3 is 1. The highest BCUT2D eigenvalue weighted by molar-refractivity contribution is 14.0. The van der Waals surface area contributed by atoms with Crippen molar-refractivity contribution in [2.45, 2.75) is 6.54 Å². The summed E-state index contributed by atoms with van der Waals surface area (Å²) in [5.41, 5.74) is 7.75. The molecule has 6 heteroatoms. The average molecular weight is 418 g/mol. The molecule has 0 saturated carbocycles. The number of guanidine groups is 1. The van der Waals surface area contributed by atoms with E-state index in [1.165, 1.54) is 0 Å². The van der Waals surface area contributed by atoms with Crippen molar-refractivity contribution in [1.82, 2.24) is 0 Å². The number of aliphatic imine (C=N–C) groups is 1. The van der Waals surface area contributed by atoms with Crippen LogP contribution in [0, 0.1) is 0 Å². The van der Waals surface area contributed by atoms with Crippen molar-refractivity contribution in [3.05, 3.63) is 59.1 Å². The van der Waals surface area contributed by atoms with Crippen LogP contribution in [-0.4, -0.2) is 13.1 Å². The highest BCUT2D eigenvalue weighted by atomic mass is 127. The van der Waals surface area contributed by atoms with Crippen LogP contribution in [0.4, 0.5) is 5.69 Å². The van der Waals surface area contributed by atoms with Crippen LogP contribution in [0.1, 0.15) is 5.56 Å². The fourth-order valence-corrected chi connectivity index (χ4v) is 1.75. The number of halogens is 2. The van der Waals surface area contributed by atoms with Gasteiger partial charge in [0.25, 0.3) is 0 Å². The van der Waals surface area contributed by atoms with Gasteiger partial charge in [-0.2, -0.15) is 0 Å². The summed E-state index contributed by atoms with van der Waals surface area (Å²) in [5, 5.41) is 3.73. The van der Waals surface area contributed by atoms with Gasteiger partial charge in [0.1, 0.15) is 5.75 Å². The Kier molecular flexibility index (Phi) is 7.31. The fraction of sp³-hybridized carbons (Fsp3) is 0.133. The summed E-state index contributed by atoms with van der Waals surface area (Å²) < 4.78 is 5.09. The monoisotopic (exact) mass is 417 g/mol. The number of nitrogens with one attached hydrogen (secondary N) is 1. The molecule has 0 bridgehead atoms. The van der Waals surface area contributed by atoms with Gasteiger partial charge in [-0.1, -0.05) is 23.7 Å². The highest BCUT2D eigenvalue weighted by Crippen LogP contribution is 2.15. The highest BCUT2D eigenvalue weighted by Gasteiger charge is 1.97. The molecular weight excluding hydrogens is 401 g/mol. The third kappa shape index (κ3) is 5.81. The number of nitrogens with two attached hydrogens (primary N) is 1. The van der Waals surface area contributed by atoms with E-state index in [0.29, 0.717) is 17.5 Å². The lowest BCUT2D eigenvalue weighted by molar-refractivity contribution is 0.415. The summed E-state index contributed by atoms with van der Waals surface area (Å²) in [6, 6.07) is 15.0. The Labute approximate surface area is 146 Å². The number of rotatable bonds is 4. The van der Waals surface area contributed by atoms with Crippen molar-refractivity contribution in [3.8, 4) is 5.75 Å². The van der Waals surface area contributed by atoms with E-state index in [1.54, 1.807) is 7.11 Å². The molecule has 2 aromatic carbocycles. The maximum atomic E-state index is 5.84. The zero-order chi connectivity index (χ0) is 14.4. The first kappa shape index (κ1) is 17.6. The van der Waals surface area contributed by atoms with Gasteiger partial charge in [-0.05, 0) is 42.0 Å². The second kappa shape index (κ2) is 8.74. The van der Waals surface area contributed by atoms with Gasteiger partial charge in [-0.25, -0.2) is 4.99 Å². The molecule has 0 aliphatic rings. The lowest BCUT2D eigenvalue weighted by Gasteiger charge is -2.06. The van der Waals surface area contributed by atoms with E-state index >= 15 is 0 Å². The molecule has 0 unspecified atom stereocenters. The Balaban J connectivity index is 0.00000220. The number of ether oxygens (including phenoxy) is 1. The topological polar surface area (TPSA) is 59.6 Å². The zero-order valence-corrected chi connectivity index (χ0v) is 14.6. The molecule has 0 fully saturated rings. The minimum atomic E-state index is 0. The molecule has 2 rings (SSSR count). The Morgan fingerprint density at radius 3 is 2.33 bits per heavy atom. The summed E-state index contributed by atoms with van der Waals surface area (Å²) in [4.78, 5) is 4.27.